The molecule has 6 heteroatoms. The molecule has 5 nitrogen and oxygen atoms in total. The van der Waals surface area contributed by atoms with E-state index in [1.165, 1.54) is 17.8 Å². The van der Waals surface area contributed by atoms with Crippen LogP contribution in [0.5, 0.6) is 5.75 Å². The first-order chi connectivity index (χ1) is 8.85. The first-order valence-corrected chi connectivity index (χ1v) is 7.18. The van der Waals surface area contributed by atoms with Crippen LogP contribution in [0.3, 0.4) is 0 Å². The fourth-order valence-electron chi connectivity index (χ4n) is 2.60. The summed E-state index contributed by atoms with van der Waals surface area (Å²) in [4.78, 5) is 14.0. The molecule has 4 N–H and O–H groups in total. The van der Waals surface area contributed by atoms with Crippen LogP contribution >= 0.6 is 11.3 Å². The number of rotatable bonds is 3. The number of carbonyl (C=O) groups excluding carboxylic acids is 1. The number of primary amides is 1. The minimum atomic E-state index is -0.497. The summed E-state index contributed by atoms with van der Waals surface area (Å²) >= 11 is 1.33. The van der Waals surface area contributed by atoms with Crippen LogP contribution in [-0.4, -0.2) is 26.1 Å². The van der Waals surface area contributed by atoms with E-state index in [0.29, 0.717) is 16.3 Å². The quantitative estimate of drug-likeness (QED) is 0.889. The van der Waals surface area contributed by atoms with Gasteiger partial charge in [0.2, 0.25) is 0 Å². The lowest BCUT2D eigenvalue weighted by Gasteiger charge is -2.38. The lowest BCUT2D eigenvalue weighted by Crippen LogP contribution is -2.39. The Bertz CT molecular complexity index is 496. The van der Waals surface area contributed by atoms with Gasteiger partial charge in [0.15, 0.2) is 5.75 Å². The monoisotopic (exact) mass is 283 g/mol. The van der Waals surface area contributed by atoms with Gasteiger partial charge in [-0.2, -0.15) is 0 Å². The average Bonchev–Trinajstić information content (AvgIpc) is 2.65. The fourth-order valence-corrected chi connectivity index (χ4v) is 3.67. The fraction of sp³-hybridized carbons (Fsp3) is 0.615. The summed E-state index contributed by atoms with van der Waals surface area (Å²) in [6.07, 6.45) is 2.33. The molecule has 106 valence electrons. The second-order valence-electron chi connectivity index (χ2n) is 5.74. The van der Waals surface area contributed by atoms with Crippen LogP contribution in [0.25, 0.3) is 0 Å². The van der Waals surface area contributed by atoms with E-state index in [9.17, 15) is 4.79 Å². The first kappa shape index (κ1) is 14.0. The maximum Gasteiger partial charge on any atom is 0.261 e. The number of anilines is 2. The Morgan fingerprint density at radius 1 is 1.47 bits per heavy atom. The zero-order valence-electron chi connectivity index (χ0n) is 11.7. The Morgan fingerprint density at radius 3 is 2.68 bits per heavy atom. The molecule has 1 aliphatic heterocycles. The highest BCUT2D eigenvalue weighted by atomic mass is 32.1. The Balaban J connectivity index is 2.39. The van der Waals surface area contributed by atoms with Crippen molar-refractivity contribution in [2.45, 2.75) is 26.7 Å². The molecule has 1 aliphatic rings. The maximum atomic E-state index is 11.4. The van der Waals surface area contributed by atoms with Crippen molar-refractivity contribution in [2.75, 3.05) is 30.8 Å². The molecule has 19 heavy (non-hydrogen) atoms. The average molecular weight is 283 g/mol. The molecule has 2 rings (SSSR count). The van der Waals surface area contributed by atoms with Gasteiger partial charge >= 0.3 is 0 Å². The minimum Gasteiger partial charge on any atom is -0.492 e. The van der Waals surface area contributed by atoms with Crippen molar-refractivity contribution in [3.8, 4) is 5.75 Å². The number of nitrogens with two attached hydrogens (primary N) is 2. The van der Waals surface area contributed by atoms with Gasteiger partial charge in [0.25, 0.3) is 5.91 Å². The number of thiophene rings is 1. The Labute approximate surface area is 117 Å². The van der Waals surface area contributed by atoms with Crippen molar-refractivity contribution in [3.05, 3.63) is 4.88 Å². The van der Waals surface area contributed by atoms with Gasteiger partial charge in [-0.3, -0.25) is 4.79 Å². The van der Waals surface area contributed by atoms with E-state index < -0.39 is 5.91 Å². The lowest BCUT2D eigenvalue weighted by molar-refractivity contribution is 0.100. The van der Waals surface area contributed by atoms with Gasteiger partial charge in [-0.05, 0) is 18.3 Å². The van der Waals surface area contributed by atoms with Gasteiger partial charge < -0.3 is 21.1 Å². The standard InChI is InChI=1S/C13H21N3O2S/c1-13(2)5-4-6-16(7-13)12-9(18-3)8(14)10(19-12)11(15)17/h4-7,14H2,1-3H3,(H2,15,17). The van der Waals surface area contributed by atoms with Crippen molar-refractivity contribution in [1.29, 1.82) is 0 Å². The first-order valence-electron chi connectivity index (χ1n) is 6.37. The zero-order chi connectivity index (χ0) is 14.2. The second kappa shape index (κ2) is 4.92. The predicted molar refractivity (Wildman–Crippen MR) is 79.0 cm³/mol. The highest BCUT2D eigenvalue weighted by Gasteiger charge is 2.31. The highest BCUT2D eigenvalue weighted by molar-refractivity contribution is 7.19. The number of carbonyl (C=O) groups is 1. The Hall–Kier alpha value is -1.43. The number of nitrogen functional groups attached to an aromatic ring is 1. The largest absolute Gasteiger partial charge is 0.492 e. The number of hydrogen-bond donors (Lipinski definition) is 2. The van der Waals surface area contributed by atoms with Crippen molar-refractivity contribution < 1.29 is 9.53 Å². The van der Waals surface area contributed by atoms with E-state index in [2.05, 4.69) is 18.7 Å². The van der Waals surface area contributed by atoms with Crippen molar-refractivity contribution in [2.24, 2.45) is 11.1 Å². The highest BCUT2D eigenvalue weighted by Crippen LogP contribution is 2.46. The normalized spacial score (nSPS) is 18.4. The van der Waals surface area contributed by atoms with Crippen molar-refractivity contribution in [1.82, 2.24) is 0 Å². The van der Waals surface area contributed by atoms with E-state index in [0.717, 1.165) is 24.5 Å². The number of methoxy groups -OCH3 is 1. The van der Waals surface area contributed by atoms with Crippen LogP contribution in [0.2, 0.25) is 0 Å². The molecular formula is C13H21N3O2S. The molecule has 1 fully saturated rings. The van der Waals surface area contributed by atoms with Crippen LogP contribution in [-0.2, 0) is 0 Å². The molecule has 0 spiro atoms. The topological polar surface area (TPSA) is 81.6 Å². The third-order valence-corrected chi connectivity index (χ3v) is 4.76. The maximum absolute atomic E-state index is 11.4. The molecule has 1 saturated heterocycles. The van der Waals surface area contributed by atoms with Gasteiger partial charge in [-0.1, -0.05) is 13.8 Å². The number of piperidine rings is 1. The second-order valence-corrected chi connectivity index (χ2v) is 6.74. The third-order valence-electron chi connectivity index (χ3n) is 3.50. The van der Waals surface area contributed by atoms with Crippen LogP contribution in [0.4, 0.5) is 10.7 Å². The number of amides is 1. The molecule has 1 amide bonds. The van der Waals surface area contributed by atoms with E-state index in [-0.39, 0.29) is 5.41 Å². The van der Waals surface area contributed by atoms with Crippen molar-refractivity contribution >= 4 is 27.9 Å². The number of hydrogen-bond acceptors (Lipinski definition) is 5. The van der Waals surface area contributed by atoms with E-state index in [1.807, 2.05) is 0 Å². The smallest absolute Gasteiger partial charge is 0.261 e. The van der Waals surface area contributed by atoms with E-state index >= 15 is 0 Å². The molecule has 2 heterocycles. The predicted octanol–water partition coefficient (Wildman–Crippen LogP) is 2.06. The summed E-state index contributed by atoms with van der Waals surface area (Å²) < 4.78 is 5.36. The molecule has 0 aliphatic carbocycles. The van der Waals surface area contributed by atoms with Gasteiger partial charge in [0.1, 0.15) is 15.6 Å². The number of nitrogens with zero attached hydrogens (tertiary/aromatic N) is 1. The molecule has 1 aromatic rings. The summed E-state index contributed by atoms with van der Waals surface area (Å²) in [7, 11) is 1.57. The molecule has 0 bridgehead atoms. The molecule has 0 unspecified atom stereocenters. The SMILES string of the molecule is COc1c(N2CCCC(C)(C)C2)sc(C(N)=O)c1N. The number of ether oxygens (including phenoxy) is 1. The summed E-state index contributed by atoms with van der Waals surface area (Å²) in [5.74, 6) is 0.0832. The third kappa shape index (κ3) is 2.63. The van der Waals surface area contributed by atoms with Gasteiger partial charge in [0.05, 0.1) is 7.11 Å². The van der Waals surface area contributed by atoms with Crippen LogP contribution in [0, 0.1) is 5.41 Å². The lowest BCUT2D eigenvalue weighted by atomic mass is 9.84. The molecule has 0 atom stereocenters. The van der Waals surface area contributed by atoms with Crippen molar-refractivity contribution in [3.63, 3.8) is 0 Å². The molecular weight excluding hydrogens is 262 g/mol. The van der Waals surface area contributed by atoms with Gasteiger partial charge in [-0.15, -0.1) is 11.3 Å². The summed E-state index contributed by atoms with van der Waals surface area (Å²) in [5.41, 5.74) is 11.9. The van der Waals surface area contributed by atoms with Crippen LogP contribution in [0.15, 0.2) is 0 Å². The molecule has 1 aromatic heterocycles. The Kier molecular flexibility index (Phi) is 3.62. The Morgan fingerprint density at radius 2 is 2.16 bits per heavy atom. The summed E-state index contributed by atoms with van der Waals surface area (Å²) in [5, 5.41) is 0.918. The van der Waals surface area contributed by atoms with Crippen LogP contribution < -0.4 is 21.1 Å². The molecule has 0 radical (unpaired) electrons. The van der Waals surface area contributed by atoms with Gasteiger partial charge in [0, 0.05) is 13.1 Å². The summed E-state index contributed by atoms with van der Waals surface area (Å²) in [6, 6.07) is 0. The van der Waals surface area contributed by atoms with Gasteiger partial charge in [-0.25, -0.2) is 0 Å². The summed E-state index contributed by atoms with van der Waals surface area (Å²) in [6.45, 7) is 6.38. The molecule has 0 saturated carbocycles. The minimum absolute atomic E-state index is 0.259. The van der Waals surface area contributed by atoms with Crippen LogP contribution in [0.1, 0.15) is 36.4 Å². The zero-order valence-corrected chi connectivity index (χ0v) is 12.5. The molecule has 0 aromatic carbocycles. The van der Waals surface area contributed by atoms with E-state index in [4.69, 9.17) is 16.2 Å². The van der Waals surface area contributed by atoms with E-state index in [1.54, 1.807) is 7.11 Å².